The number of nitrogens with one attached hydrogen (secondary N) is 1. The minimum absolute atomic E-state index is 0.0521. The summed E-state index contributed by atoms with van der Waals surface area (Å²) in [4.78, 5) is 21.9. The molecule has 1 heterocycles. The van der Waals surface area contributed by atoms with Crippen molar-refractivity contribution in [3.05, 3.63) is 39.4 Å². The van der Waals surface area contributed by atoms with Crippen molar-refractivity contribution < 1.29 is 14.5 Å². The van der Waals surface area contributed by atoms with Crippen molar-refractivity contribution in [3.63, 3.8) is 0 Å². The van der Waals surface area contributed by atoms with Gasteiger partial charge in [0.15, 0.2) is 0 Å². The van der Waals surface area contributed by atoms with Gasteiger partial charge in [0, 0.05) is 18.2 Å². The summed E-state index contributed by atoms with van der Waals surface area (Å²) >= 11 is 0. The van der Waals surface area contributed by atoms with Crippen molar-refractivity contribution in [2.45, 2.75) is 25.8 Å². The van der Waals surface area contributed by atoms with Gasteiger partial charge in [-0.1, -0.05) is 6.07 Å². The van der Waals surface area contributed by atoms with E-state index in [-0.39, 0.29) is 24.1 Å². The minimum Gasteiger partial charge on any atom is -0.466 e. The van der Waals surface area contributed by atoms with E-state index in [1.54, 1.807) is 19.1 Å². The number of benzene rings is 1. The summed E-state index contributed by atoms with van der Waals surface area (Å²) in [5, 5.41) is 14.0. The summed E-state index contributed by atoms with van der Waals surface area (Å²) in [5.74, 6) is -0.292. The van der Waals surface area contributed by atoms with Crippen LogP contribution in [0.5, 0.6) is 0 Å². The van der Waals surface area contributed by atoms with Crippen molar-refractivity contribution in [3.8, 4) is 0 Å². The van der Waals surface area contributed by atoms with Gasteiger partial charge in [-0.15, -0.1) is 0 Å². The third-order valence-corrected chi connectivity index (χ3v) is 3.18. The molecule has 0 amide bonds. The van der Waals surface area contributed by atoms with E-state index in [4.69, 9.17) is 4.74 Å². The average molecular weight is 264 g/mol. The van der Waals surface area contributed by atoms with Crippen LogP contribution in [-0.2, 0) is 16.0 Å². The largest absolute Gasteiger partial charge is 0.466 e. The Bertz CT molecular complexity index is 501. The Morgan fingerprint density at radius 1 is 1.58 bits per heavy atom. The topological polar surface area (TPSA) is 81.5 Å². The maximum Gasteiger partial charge on any atom is 0.307 e. The van der Waals surface area contributed by atoms with Crippen LogP contribution in [0, 0.1) is 10.1 Å². The van der Waals surface area contributed by atoms with E-state index in [0.717, 1.165) is 24.1 Å². The Balaban J connectivity index is 2.24. The molecule has 19 heavy (non-hydrogen) atoms. The lowest BCUT2D eigenvalue weighted by Crippen LogP contribution is -2.31. The molecule has 0 aliphatic carbocycles. The highest BCUT2D eigenvalue weighted by Gasteiger charge is 2.24. The zero-order chi connectivity index (χ0) is 13.8. The number of carbonyl (C=O) groups is 1. The summed E-state index contributed by atoms with van der Waals surface area (Å²) in [6, 6.07) is 4.62. The van der Waals surface area contributed by atoms with E-state index in [1.165, 1.54) is 6.07 Å². The van der Waals surface area contributed by atoms with Crippen LogP contribution in [0.4, 0.5) is 5.69 Å². The number of fused-ring (bicyclic) bond motifs is 1. The summed E-state index contributed by atoms with van der Waals surface area (Å²) in [7, 11) is 0. The van der Waals surface area contributed by atoms with Gasteiger partial charge in [0.2, 0.25) is 0 Å². The smallest absolute Gasteiger partial charge is 0.307 e. The van der Waals surface area contributed by atoms with E-state index in [1.807, 2.05) is 0 Å². The molecule has 6 heteroatoms. The van der Waals surface area contributed by atoms with Gasteiger partial charge in [-0.05, 0) is 31.0 Å². The number of hydrogen-bond acceptors (Lipinski definition) is 5. The van der Waals surface area contributed by atoms with Crippen molar-refractivity contribution in [2.24, 2.45) is 0 Å². The number of nitro benzene ring substituents is 1. The van der Waals surface area contributed by atoms with Crippen LogP contribution in [0.25, 0.3) is 0 Å². The summed E-state index contributed by atoms with van der Waals surface area (Å²) < 4.78 is 4.92. The number of non-ortho nitro benzene ring substituents is 1. The molecular weight excluding hydrogens is 248 g/mol. The molecule has 1 aliphatic rings. The second-order valence-corrected chi connectivity index (χ2v) is 4.41. The Labute approximate surface area is 110 Å². The molecule has 0 aromatic heterocycles. The number of hydrogen-bond donors (Lipinski definition) is 1. The second-order valence-electron chi connectivity index (χ2n) is 4.41. The Morgan fingerprint density at radius 3 is 3.05 bits per heavy atom. The highest BCUT2D eigenvalue weighted by Crippen LogP contribution is 2.29. The number of rotatable bonds is 4. The van der Waals surface area contributed by atoms with E-state index in [9.17, 15) is 14.9 Å². The van der Waals surface area contributed by atoms with Crippen molar-refractivity contribution in [1.82, 2.24) is 5.32 Å². The minimum atomic E-state index is -0.420. The lowest BCUT2D eigenvalue weighted by atomic mass is 9.92. The van der Waals surface area contributed by atoms with Gasteiger partial charge < -0.3 is 10.1 Å². The third-order valence-electron chi connectivity index (χ3n) is 3.18. The fraction of sp³-hybridized carbons (Fsp3) is 0.462. The molecule has 0 bridgehead atoms. The number of carbonyl (C=O) groups excluding carboxylic acids is 1. The SMILES string of the molecule is CCOC(=O)CC1NCCc2ccc([N+](=O)[O-])cc21. The van der Waals surface area contributed by atoms with Crippen LogP contribution >= 0.6 is 0 Å². The van der Waals surface area contributed by atoms with Crippen LogP contribution in [0.2, 0.25) is 0 Å². The number of ether oxygens (including phenoxy) is 1. The van der Waals surface area contributed by atoms with Crippen LogP contribution in [0.3, 0.4) is 0 Å². The predicted molar refractivity (Wildman–Crippen MR) is 68.8 cm³/mol. The first-order valence-corrected chi connectivity index (χ1v) is 6.28. The van der Waals surface area contributed by atoms with Gasteiger partial charge in [-0.2, -0.15) is 0 Å². The van der Waals surface area contributed by atoms with Gasteiger partial charge in [0.1, 0.15) is 0 Å². The third kappa shape index (κ3) is 3.08. The van der Waals surface area contributed by atoms with E-state index < -0.39 is 4.92 Å². The standard InChI is InChI=1S/C13H16N2O4/c1-2-19-13(16)8-12-11-7-10(15(17)18)4-3-9(11)5-6-14-12/h3-4,7,12,14H,2,5-6,8H2,1H3. The van der Waals surface area contributed by atoms with Crippen molar-refractivity contribution in [1.29, 1.82) is 0 Å². The van der Waals surface area contributed by atoms with E-state index in [0.29, 0.717) is 6.61 Å². The van der Waals surface area contributed by atoms with E-state index >= 15 is 0 Å². The highest BCUT2D eigenvalue weighted by molar-refractivity contribution is 5.70. The van der Waals surface area contributed by atoms with Crippen LogP contribution < -0.4 is 5.32 Å². The van der Waals surface area contributed by atoms with Gasteiger partial charge in [0.05, 0.1) is 18.0 Å². The zero-order valence-corrected chi connectivity index (χ0v) is 10.7. The van der Waals surface area contributed by atoms with Crippen molar-refractivity contribution in [2.75, 3.05) is 13.2 Å². The number of nitrogens with zero attached hydrogens (tertiary/aromatic N) is 1. The maximum atomic E-state index is 11.5. The molecule has 1 N–H and O–H groups in total. The normalized spacial score (nSPS) is 17.6. The molecule has 0 saturated heterocycles. The first kappa shape index (κ1) is 13.5. The Hall–Kier alpha value is -1.95. The average Bonchev–Trinajstić information content (AvgIpc) is 2.38. The quantitative estimate of drug-likeness (QED) is 0.509. The molecule has 1 aromatic carbocycles. The zero-order valence-electron chi connectivity index (χ0n) is 10.7. The number of nitro groups is 1. The molecule has 1 aromatic rings. The lowest BCUT2D eigenvalue weighted by Gasteiger charge is -2.26. The highest BCUT2D eigenvalue weighted by atomic mass is 16.6. The van der Waals surface area contributed by atoms with Gasteiger partial charge in [-0.3, -0.25) is 14.9 Å². The molecule has 6 nitrogen and oxygen atoms in total. The molecule has 1 atom stereocenters. The molecule has 0 fully saturated rings. The first-order valence-electron chi connectivity index (χ1n) is 6.28. The molecule has 1 unspecified atom stereocenters. The summed E-state index contributed by atoms with van der Waals surface area (Å²) in [5.41, 5.74) is 1.93. The van der Waals surface area contributed by atoms with Crippen LogP contribution in [0.1, 0.15) is 30.5 Å². The fourth-order valence-electron chi connectivity index (χ4n) is 2.31. The van der Waals surface area contributed by atoms with Gasteiger partial charge in [0.25, 0.3) is 5.69 Å². The summed E-state index contributed by atoms with van der Waals surface area (Å²) in [6.07, 6.45) is 1.01. The molecule has 0 spiro atoms. The van der Waals surface area contributed by atoms with Crippen molar-refractivity contribution >= 4 is 11.7 Å². The Morgan fingerprint density at radius 2 is 2.37 bits per heavy atom. The van der Waals surface area contributed by atoms with Gasteiger partial charge >= 0.3 is 5.97 Å². The molecule has 2 rings (SSSR count). The fourth-order valence-corrected chi connectivity index (χ4v) is 2.31. The predicted octanol–water partition coefficient (Wildman–Crippen LogP) is 1.73. The molecule has 0 saturated carbocycles. The van der Waals surface area contributed by atoms with Gasteiger partial charge in [-0.25, -0.2) is 0 Å². The molecule has 102 valence electrons. The summed E-state index contributed by atoms with van der Waals surface area (Å²) in [6.45, 7) is 2.85. The molecular formula is C13H16N2O4. The second kappa shape index (κ2) is 5.79. The van der Waals surface area contributed by atoms with Crippen LogP contribution in [0.15, 0.2) is 18.2 Å². The van der Waals surface area contributed by atoms with Crippen LogP contribution in [-0.4, -0.2) is 24.0 Å². The Kier molecular flexibility index (Phi) is 4.11. The van der Waals surface area contributed by atoms with E-state index in [2.05, 4.69) is 5.32 Å². The molecule has 0 radical (unpaired) electrons. The lowest BCUT2D eigenvalue weighted by molar-refractivity contribution is -0.385. The molecule has 1 aliphatic heterocycles. The number of esters is 1. The monoisotopic (exact) mass is 264 g/mol. The maximum absolute atomic E-state index is 11.5. The first-order chi connectivity index (χ1) is 9.11.